The summed E-state index contributed by atoms with van der Waals surface area (Å²) in [5.74, 6) is 0. The molecule has 0 aromatic heterocycles. The van der Waals surface area contributed by atoms with E-state index in [-0.39, 0.29) is 5.41 Å². The molecule has 2 nitrogen and oxygen atoms in total. The number of aliphatic hydroxyl groups is 1. The first kappa shape index (κ1) is 12.0. The Bertz CT molecular complexity index is 154. The molecule has 0 amide bonds. The Kier molecular flexibility index (Phi) is 4.90. The van der Waals surface area contributed by atoms with Crippen molar-refractivity contribution in [1.29, 1.82) is 0 Å². The van der Waals surface area contributed by atoms with Crippen LogP contribution in [0, 0.1) is 5.41 Å². The average Bonchev–Trinajstić information content (AvgIpc) is 2.20. The normalized spacial score (nSPS) is 23.4. The van der Waals surface area contributed by atoms with Crippen LogP contribution in [-0.4, -0.2) is 36.2 Å². The Labute approximate surface area is 88.3 Å². The number of rotatable bonds is 5. The molecule has 0 aromatic rings. The van der Waals surface area contributed by atoms with Gasteiger partial charge in [0.1, 0.15) is 0 Å². The van der Waals surface area contributed by atoms with E-state index in [1.807, 2.05) is 0 Å². The van der Waals surface area contributed by atoms with Crippen LogP contribution in [0.3, 0.4) is 0 Å². The number of aliphatic hydroxyl groups excluding tert-OH is 1. The molecule has 0 radical (unpaired) electrons. The highest BCUT2D eigenvalue weighted by Gasteiger charge is 2.26. The first-order valence-electron chi connectivity index (χ1n) is 6.03. The predicted molar refractivity (Wildman–Crippen MR) is 60.4 cm³/mol. The predicted octanol–water partition coefficient (Wildman–Crippen LogP) is 2.27. The molecule has 0 aliphatic carbocycles. The van der Waals surface area contributed by atoms with Gasteiger partial charge in [-0.1, -0.05) is 26.7 Å². The summed E-state index contributed by atoms with van der Waals surface area (Å²) in [5.41, 5.74) is 0.131. The van der Waals surface area contributed by atoms with Crippen LogP contribution in [0.25, 0.3) is 0 Å². The Morgan fingerprint density at radius 1 is 1.21 bits per heavy atom. The summed E-state index contributed by atoms with van der Waals surface area (Å²) >= 11 is 0. The summed E-state index contributed by atoms with van der Waals surface area (Å²) in [5, 5.41) is 9.42. The summed E-state index contributed by atoms with van der Waals surface area (Å²) < 4.78 is 0. The average molecular weight is 199 g/mol. The first-order valence-corrected chi connectivity index (χ1v) is 6.03. The third kappa shape index (κ3) is 3.58. The lowest BCUT2D eigenvalue weighted by molar-refractivity contribution is 0.0711. The lowest BCUT2D eigenvalue weighted by Crippen LogP contribution is -2.40. The van der Waals surface area contributed by atoms with Gasteiger partial charge in [0.25, 0.3) is 0 Å². The van der Waals surface area contributed by atoms with Gasteiger partial charge in [0.05, 0.1) is 0 Å². The molecule has 0 aromatic carbocycles. The summed E-state index contributed by atoms with van der Waals surface area (Å²) in [4.78, 5) is 2.52. The molecule has 1 fully saturated rings. The highest BCUT2D eigenvalue weighted by molar-refractivity contribution is 4.78. The zero-order valence-electron chi connectivity index (χ0n) is 9.76. The summed E-state index contributed by atoms with van der Waals surface area (Å²) in [6.07, 6.45) is 6.38. The third-order valence-corrected chi connectivity index (χ3v) is 3.29. The summed E-state index contributed by atoms with van der Waals surface area (Å²) in [6, 6.07) is 0. The van der Waals surface area contributed by atoms with Gasteiger partial charge in [0, 0.05) is 18.6 Å². The van der Waals surface area contributed by atoms with E-state index in [0.29, 0.717) is 6.61 Å². The highest BCUT2D eigenvalue weighted by Crippen LogP contribution is 2.25. The van der Waals surface area contributed by atoms with Gasteiger partial charge in [-0.05, 0) is 32.4 Å². The molecule has 1 saturated heterocycles. The minimum Gasteiger partial charge on any atom is -0.396 e. The van der Waals surface area contributed by atoms with Crippen LogP contribution in [0.1, 0.15) is 46.0 Å². The van der Waals surface area contributed by atoms with Crippen LogP contribution in [0.5, 0.6) is 0 Å². The van der Waals surface area contributed by atoms with Crippen molar-refractivity contribution >= 4 is 0 Å². The maximum absolute atomic E-state index is 9.42. The fourth-order valence-corrected chi connectivity index (χ4v) is 2.47. The monoisotopic (exact) mass is 199 g/mol. The molecule has 1 heterocycles. The van der Waals surface area contributed by atoms with Crippen molar-refractivity contribution in [3.05, 3.63) is 0 Å². The van der Waals surface area contributed by atoms with Gasteiger partial charge < -0.3 is 10.0 Å². The topological polar surface area (TPSA) is 23.5 Å². The summed E-state index contributed by atoms with van der Waals surface area (Å²) in [7, 11) is 0. The SMILES string of the molecule is CCCC(C)(CO)CN1CCCCC1. The molecule has 1 rings (SSSR count). The van der Waals surface area contributed by atoms with E-state index in [1.54, 1.807) is 0 Å². The number of nitrogens with zero attached hydrogens (tertiary/aromatic N) is 1. The Morgan fingerprint density at radius 2 is 1.86 bits per heavy atom. The molecule has 0 saturated carbocycles. The van der Waals surface area contributed by atoms with Crippen LogP contribution >= 0.6 is 0 Å². The maximum Gasteiger partial charge on any atom is 0.0497 e. The van der Waals surface area contributed by atoms with Crippen LogP contribution in [0.2, 0.25) is 0 Å². The van der Waals surface area contributed by atoms with E-state index in [0.717, 1.165) is 13.0 Å². The molecule has 0 spiro atoms. The lowest BCUT2D eigenvalue weighted by Gasteiger charge is -2.36. The molecule has 14 heavy (non-hydrogen) atoms. The minimum atomic E-state index is 0.131. The first-order chi connectivity index (χ1) is 6.70. The molecule has 1 N–H and O–H groups in total. The Morgan fingerprint density at radius 3 is 2.36 bits per heavy atom. The van der Waals surface area contributed by atoms with E-state index in [4.69, 9.17) is 0 Å². The lowest BCUT2D eigenvalue weighted by atomic mass is 9.85. The van der Waals surface area contributed by atoms with Gasteiger partial charge in [0.2, 0.25) is 0 Å². The molecular formula is C12H25NO. The maximum atomic E-state index is 9.42. The van der Waals surface area contributed by atoms with E-state index in [2.05, 4.69) is 18.7 Å². The third-order valence-electron chi connectivity index (χ3n) is 3.29. The van der Waals surface area contributed by atoms with E-state index in [1.165, 1.54) is 38.8 Å². The standard InChI is InChI=1S/C12H25NO/c1-3-7-12(2,11-14)10-13-8-5-4-6-9-13/h14H,3-11H2,1-2H3. The molecule has 1 atom stereocenters. The van der Waals surface area contributed by atoms with Gasteiger partial charge >= 0.3 is 0 Å². The van der Waals surface area contributed by atoms with Crippen molar-refractivity contribution in [3.63, 3.8) is 0 Å². The van der Waals surface area contributed by atoms with Gasteiger partial charge in [0.15, 0.2) is 0 Å². The quantitative estimate of drug-likeness (QED) is 0.734. The zero-order valence-corrected chi connectivity index (χ0v) is 9.76. The Hall–Kier alpha value is -0.0800. The van der Waals surface area contributed by atoms with Gasteiger partial charge in [-0.25, -0.2) is 0 Å². The van der Waals surface area contributed by atoms with Crippen molar-refractivity contribution < 1.29 is 5.11 Å². The molecule has 0 bridgehead atoms. The van der Waals surface area contributed by atoms with E-state index in [9.17, 15) is 5.11 Å². The molecular weight excluding hydrogens is 174 g/mol. The molecule has 1 aliphatic rings. The second-order valence-corrected chi connectivity index (χ2v) is 5.06. The fraction of sp³-hybridized carbons (Fsp3) is 1.00. The van der Waals surface area contributed by atoms with Crippen LogP contribution in [0.15, 0.2) is 0 Å². The number of piperidine rings is 1. The Balaban J connectivity index is 2.37. The van der Waals surface area contributed by atoms with Crippen molar-refractivity contribution in [3.8, 4) is 0 Å². The summed E-state index contributed by atoms with van der Waals surface area (Å²) in [6.45, 7) is 8.29. The van der Waals surface area contributed by atoms with Crippen molar-refractivity contribution in [1.82, 2.24) is 4.90 Å². The number of hydrogen-bond donors (Lipinski definition) is 1. The van der Waals surface area contributed by atoms with Gasteiger partial charge in [-0.15, -0.1) is 0 Å². The number of likely N-dealkylation sites (tertiary alicyclic amines) is 1. The van der Waals surface area contributed by atoms with Crippen molar-refractivity contribution in [2.24, 2.45) is 5.41 Å². The van der Waals surface area contributed by atoms with E-state index >= 15 is 0 Å². The van der Waals surface area contributed by atoms with Crippen molar-refractivity contribution in [2.75, 3.05) is 26.2 Å². The smallest absolute Gasteiger partial charge is 0.0497 e. The van der Waals surface area contributed by atoms with Gasteiger partial charge in [-0.2, -0.15) is 0 Å². The molecule has 1 aliphatic heterocycles. The van der Waals surface area contributed by atoms with Gasteiger partial charge in [-0.3, -0.25) is 0 Å². The second-order valence-electron chi connectivity index (χ2n) is 5.06. The van der Waals surface area contributed by atoms with E-state index < -0.39 is 0 Å². The van der Waals surface area contributed by atoms with Crippen molar-refractivity contribution in [2.45, 2.75) is 46.0 Å². The highest BCUT2D eigenvalue weighted by atomic mass is 16.3. The number of hydrogen-bond acceptors (Lipinski definition) is 2. The molecule has 84 valence electrons. The zero-order chi connectivity index (χ0) is 10.4. The van der Waals surface area contributed by atoms with Crippen LogP contribution < -0.4 is 0 Å². The van der Waals surface area contributed by atoms with Crippen LogP contribution in [-0.2, 0) is 0 Å². The molecule has 2 heteroatoms. The minimum absolute atomic E-state index is 0.131. The fourth-order valence-electron chi connectivity index (χ4n) is 2.47. The second kappa shape index (κ2) is 5.72. The largest absolute Gasteiger partial charge is 0.396 e. The molecule has 1 unspecified atom stereocenters. The van der Waals surface area contributed by atoms with Crippen LogP contribution in [0.4, 0.5) is 0 Å².